The third-order valence-electron chi connectivity index (χ3n) is 3.96. The molecule has 0 fully saturated rings. The summed E-state index contributed by atoms with van der Waals surface area (Å²) >= 11 is 0. The van der Waals surface area contributed by atoms with Gasteiger partial charge in [0.1, 0.15) is 12.4 Å². The minimum absolute atomic E-state index is 0.0902. The van der Waals surface area contributed by atoms with Gasteiger partial charge in [-0.25, -0.2) is 24.6 Å². The predicted octanol–water partition coefficient (Wildman–Crippen LogP) is 3.10. The normalized spacial score (nSPS) is 13.3. The summed E-state index contributed by atoms with van der Waals surface area (Å²) in [6, 6.07) is 5.29. The van der Waals surface area contributed by atoms with Gasteiger partial charge >= 0.3 is 6.09 Å². The average Bonchev–Trinajstić information content (AvgIpc) is 2.59. The van der Waals surface area contributed by atoms with Crippen molar-refractivity contribution in [3.05, 3.63) is 30.1 Å². The number of rotatable bonds is 7. The van der Waals surface area contributed by atoms with E-state index in [1.54, 1.807) is 12.1 Å². The molecule has 8 nitrogen and oxygen atoms in total. The molecule has 27 heavy (non-hydrogen) atoms. The fourth-order valence-electron chi connectivity index (χ4n) is 2.82. The van der Waals surface area contributed by atoms with E-state index in [1.807, 2.05) is 19.9 Å². The van der Waals surface area contributed by atoms with Crippen LogP contribution in [0, 0.1) is 12.8 Å². The summed E-state index contributed by atoms with van der Waals surface area (Å²) in [6.45, 7) is 8.48. The molecule has 0 radical (unpaired) electrons. The third kappa shape index (κ3) is 5.62. The van der Waals surface area contributed by atoms with E-state index < -0.39 is 11.6 Å². The van der Waals surface area contributed by atoms with Crippen LogP contribution in [0.2, 0.25) is 0 Å². The highest BCUT2D eigenvalue weighted by atomic mass is 16.5. The molecule has 0 spiro atoms. The van der Waals surface area contributed by atoms with Crippen LogP contribution in [0.4, 0.5) is 10.7 Å². The van der Waals surface area contributed by atoms with Crippen molar-refractivity contribution in [3.63, 3.8) is 0 Å². The SMILES string of the molecule is Cc1nc(-c2ccnc(N(C)C(=O)O)n2)ccc1OC[C@@](C)(N)CC(C)C. The van der Waals surface area contributed by atoms with Gasteiger partial charge in [-0.1, -0.05) is 13.8 Å². The first kappa shape index (κ1) is 20.6. The summed E-state index contributed by atoms with van der Waals surface area (Å²) < 4.78 is 5.88. The second-order valence-electron chi connectivity index (χ2n) is 7.40. The van der Waals surface area contributed by atoms with Gasteiger partial charge in [0.25, 0.3) is 0 Å². The summed E-state index contributed by atoms with van der Waals surface area (Å²) in [5, 5.41) is 9.06. The van der Waals surface area contributed by atoms with Crippen molar-refractivity contribution in [2.24, 2.45) is 11.7 Å². The lowest BCUT2D eigenvalue weighted by Gasteiger charge is -2.27. The van der Waals surface area contributed by atoms with E-state index in [1.165, 1.54) is 13.2 Å². The summed E-state index contributed by atoms with van der Waals surface area (Å²) in [6.07, 6.45) is 1.23. The van der Waals surface area contributed by atoms with E-state index in [0.29, 0.717) is 35.4 Å². The van der Waals surface area contributed by atoms with E-state index in [4.69, 9.17) is 15.6 Å². The van der Waals surface area contributed by atoms with Gasteiger partial charge < -0.3 is 15.6 Å². The summed E-state index contributed by atoms with van der Waals surface area (Å²) in [7, 11) is 1.39. The van der Waals surface area contributed by atoms with Crippen molar-refractivity contribution in [1.29, 1.82) is 0 Å². The molecule has 8 heteroatoms. The first-order valence-electron chi connectivity index (χ1n) is 8.78. The number of carboxylic acid groups (broad SMARTS) is 1. The Morgan fingerprint density at radius 2 is 1.96 bits per heavy atom. The average molecular weight is 373 g/mol. The fourth-order valence-corrected chi connectivity index (χ4v) is 2.82. The summed E-state index contributed by atoms with van der Waals surface area (Å²) in [5.74, 6) is 1.24. The largest absolute Gasteiger partial charge is 0.490 e. The van der Waals surface area contributed by atoms with Crippen molar-refractivity contribution in [3.8, 4) is 17.1 Å². The van der Waals surface area contributed by atoms with E-state index >= 15 is 0 Å². The molecule has 0 aromatic carbocycles. The molecule has 0 saturated heterocycles. The Morgan fingerprint density at radius 3 is 2.56 bits per heavy atom. The fraction of sp³-hybridized carbons (Fsp3) is 0.474. The molecule has 0 aliphatic heterocycles. The van der Waals surface area contributed by atoms with Gasteiger partial charge in [-0.05, 0) is 44.4 Å². The number of nitrogens with two attached hydrogens (primary N) is 1. The number of amides is 1. The maximum absolute atomic E-state index is 11.1. The second kappa shape index (κ2) is 8.30. The maximum Gasteiger partial charge on any atom is 0.413 e. The van der Waals surface area contributed by atoms with Crippen LogP contribution in [0.1, 0.15) is 32.9 Å². The van der Waals surface area contributed by atoms with Gasteiger partial charge in [-0.15, -0.1) is 0 Å². The zero-order chi connectivity index (χ0) is 20.2. The molecule has 0 saturated carbocycles. The van der Waals surface area contributed by atoms with Crippen LogP contribution < -0.4 is 15.4 Å². The van der Waals surface area contributed by atoms with E-state index in [-0.39, 0.29) is 5.95 Å². The first-order chi connectivity index (χ1) is 12.6. The maximum atomic E-state index is 11.1. The topological polar surface area (TPSA) is 114 Å². The highest BCUT2D eigenvalue weighted by molar-refractivity contribution is 5.83. The lowest BCUT2D eigenvalue weighted by molar-refractivity contribution is 0.203. The summed E-state index contributed by atoms with van der Waals surface area (Å²) in [4.78, 5) is 24.8. The van der Waals surface area contributed by atoms with Crippen LogP contribution in [-0.4, -0.2) is 45.3 Å². The number of ether oxygens (including phenoxy) is 1. The number of anilines is 1. The molecule has 0 aliphatic rings. The number of pyridine rings is 1. The molecule has 2 aromatic rings. The third-order valence-corrected chi connectivity index (χ3v) is 3.96. The predicted molar refractivity (Wildman–Crippen MR) is 104 cm³/mol. The van der Waals surface area contributed by atoms with Crippen molar-refractivity contribution < 1.29 is 14.6 Å². The minimum atomic E-state index is -1.13. The smallest absolute Gasteiger partial charge is 0.413 e. The Balaban J connectivity index is 2.17. The Bertz CT molecular complexity index is 808. The van der Waals surface area contributed by atoms with Crippen molar-refractivity contribution in [2.75, 3.05) is 18.6 Å². The van der Waals surface area contributed by atoms with Crippen molar-refractivity contribution in [1.82, 2.24) is 15.0 Å². The Morgan fingerprint density at radius 1 is 1.30 bits per heavy atom. The standard InChI is InChI=1S/C19H27N5O3/c1-12(2)10-19(4,20)11-27-16-7-6-14(22-13(16)3)15-8-9-21-17(23-15)24(5)18(25)26/h6-9,12H,10-11,20H2,1-5H3,(H,25,26)/t19-/m0/s1. The highest BCUT2D eigenvalue weighted by Crippen LogP contribution is 2.24. The molecule has 0 aliphatic carbocycles. The molecular formula is C19H27N5O3. The van der Waals surface area contributed by atoms with Crippen LogP contribution in [0.3, 0.4) is 0 Å². The molecule has 2 rings (SSSR count). The number of aromatic nitrogens is 3. The second-order valence-corrected chi connectivity index (χ2v) is 7.40. The molecular weight excluding hydrogens is 346 g/mol. The van der Waals surface area contributed by atoms with Gasteiger partial charge in [0.2, 0.25) is 5.95 Å². The molecule has 2 aromatic heterocycles. The highest BCUT2D eigenvalue weighted by Gasteiger charge is 2.21. The zero-order valence-corrected chi connectivity index (χ0v) is 16.4. The number of aryl methyl sites for hydroxylation is 1. The molecule has 3 N–H and O–H groups in total. The number of hydrogen-bond acceptors (Lipinski definition) is 6. The van der Waals surface area contributed by atoms with Crippen LogP contribution in [0.15, 0.2) is 24.4 Å². The molecule has 146 valence electrons. The van der Waals surface area contributed by atoms with Crippen LogP contribution in [0.5, 0.6) is 5.75 Å². The lowest BCUT2D eigenvalue weighted by atomic mass is 9.93. The Hall–Kier alpha value is -2.74. The first-order valence-corrected chi connectivity index (χ1v) is 8.78. The van der Waals surface area contributed by atoms with Gasteiger partial charge in [0.05, 0.1) is 17.1 Å². The van der Waals surface area contributed by atoms with E-state index in [0.717, 1.165) is 11.3 Å². The van der Waals surface area contributed by atoms with Crippen LogP contribution in [0.25, 0.3) is 11.4 Å². The van der Waals surface area contributed by atoms with Gasteiger partial charge in [-0.2, -0.15) is 0 Å². The quantitative estimate of drug-likeness (QED) is 0.766. The van der Waals surface area contributed by atoms with Crippen molar-refractivity contribution in [2.45, 2.75) is 39.7 Å². The van der Waals surface area contributed by atoms with Gasteiger partial charge in [0, 0.05) is 18.8 Å². The molecule has 2 heterocycles. The monoisotopic (exact) mass is 373 g/mol. The van der Waals surface area contributed by atoms with Crippen LogP contribution >= 0.6 is 0 Å². The molecule has 0 bridgehead atoms. The van der Waals surface area contributed by atoms with Gasteiger partial charge in [0.15, 0.2) is 0 Å². The van der Waals surface area contributed by atoms with E-state index in [9.17, 15) is 4.79 Å². The Labute approximate surface area is 159 Å². The van der Waals surface area contributed by atoms with E-state index in [2.05, 4.69) is 28.8 Å². The summed E-state index contributed by atoms with van der Waals surface area (Å²) in [5.41, 5.74) is 7.73. The molecule has 0 unspecified atom stereocenters. The Kier molecular flexibility index (Phi) is 6.32. The minimum Gasteiger partial charge on any atom is -0.490 e. The molecule has 1 amide bonds. The van der Waals surface area contributed by atoms with Crippen molar-refractivity contribution >= 4 is 12.0 Å². The molecule has 1 atom stereocenters. The lowest BCUT2D eigenvalue weighted by Crippen LogP contribution is -2.43. The van der Waals surface area contributed by atoms with Crippen LogP contribution in [-0.2, 0) is 0 Å². The number of carbonyl (C=O) groups is 1. The number of hydrogen-bond donors (Lipinski definition) is 2. The van der Waals surface area contributed by atoms with Gasteiger partial charge in [-0.3, -0.25) is 0 Å². The number of nitrogens with zero attached hydrogens (tertiary/aromatic N) is 4. The zero-order valence-electron chi connectivity index (χ0n) is 16.4.